The van der Waals surface area contributed by atoms with Gasteiger partial charge in [0.1, 0.15) is 0 Å². The van der Waals surface area contributed by atoms with Crippen LogP contribution in [0.4, 0.5) is 0 Å². The van der Waals surface area contributed by atoms with Crippen molar-refractivity contribution in [1.29, 1.82) is 0 Å². The van der Waals surface area contributed by atoms with Crippen LogP contribution in [-0.2, 0) is 6.54 Å². The molecule has 0 amide bonds. The summed E-state index contributed by atoms with van der Waals surface area (Å²) in [5.74, 6) is 0.351. The minimum Gasteiger partial charge on any atom is -0.298 e. The van der Waals surface area contributed by atoms with Gasteiger partial charge in [-0.05, 0) is 16.9 Å². The Kier molecular flexibility index (Phi) is 2.21. The second-order valence-electron chi connectivity index (χ2n) is 5.01. The van der Waals surface area contributed by atoms with Crippen molar-refractivity contribution < 1.29 is 2.74 Å². The summed E-state index contributed by atoms with van der Waals surface area (Å²) in [4.78, 5) is 2.39. The third kappa shape index (κ3) is 2.40. The van der Waals surface area contributed by atoms with Gasteiger partial charge in [0.25, 0.3) is 0 Å². The van der Waals surface area contributed by atoms with Crippen LogP contribution < -0.4 is 0 Å². The molecule has 0 saturated carbocycles. The third-order valence-corrected chi connectivity index (χ3v) is 3.30. The van der Waals surface area contributed by atoms with Crippen molar-refractivity contribution in [3.05, 3.63) is 35.9 Å². The van der Waals surface area contributed by atoms with Crippen LogP contribution in [0.25, 0.3) is 0 Å². The Morgan fingerprint density at radius 3 is 2.87 bits per heavy atom. The maximum Gasteiger partial charge on any atom is 0.0237 e. The van der Waals surface area contributed by atoms with Gasteiger partial charge >= 0.3 is 0 Å². The van der Waals surface area contributed by atoms with E-state index in [1.807, 2.05) is 6.07 Å². The molecule has 1 aliphatic heterocycles. The van der Waals surface area contributed by atoms with Crippen LogP contribution in [0.2, 0.25) is 0 Å². The molecule has 1 heteroatoms. The van der Waals surface area contributed by atoms with Gasteiger partial charge in [-0.2, -0.15) is 0 Å². The van der Waals surface area contributed by atoms with E-state index in [0.29, 0.717) is 19.7 Å². The van der Waals surface area contributed by atoms with E-state index < -0.39 is 0 Å². The Bertz CT molecular complexity index is 354. The van der Waals surface area contributed by atoms with Crippen molar-refractivity contribution in [2.75, 3.05) is 13.1 Å². The highest BCUT2D eigenvalue weighted by atomic mass is 15.2. The summed E-state index contributed by atoms with van der Waals surface area (Å²) >= 11 is 0. The molecule has 15 heavy (non-hydrogen) atoms. The summed E-state index contributed by atoms with van der Waals surface area (Å²) in [5.41, 5.74) is 1.33. The monoisotopic (exact) mass is 205 g/mol. The molecule has 1 aliphatic rings. The van der Waals surface area contributed by atoms with Crippen molar-refractivity contribution in [2.45, 2.75) is 27.3 Å². The second kappa shape index (κ2) is 3.97. The molecule has 1 heterocycles. The van der Waals surface area contributed by atoms with Crippen LogP contribution in [0.15, 0.2) is 30.3 Å². The van der Waals surface area contributed by atoms with Gasteiger partial charge < -0.3 is 0 Å². The zero-order chi connectivity index (χ0) is 12.3. The quantitative estimate of drug-likeness (QED) is 0.717. The van der Waals surface area contributed by atoms with Crippen molar-refractivity contribution in [1.82, 2.24) is 4.90 Å². The zero-order valence-corrected chi connectivity index (χ0v) is 9.45. The van der Waals surface area contributed by atoms with Gasteiger partial charge in [0.2, 0.25) is 0 Å². The predicted octanol–water partition coefficient (Wildman–Crippen LogP) is 3.16. The normalized spacial score (nSPS) is 33.8. The van der Waals surface area contributed by atoms with Crippen molar-refractivity contribution in [3.8, 4) is 0 Å². The number of rotatable bonds is 2. The van der Waals surface area contributed by atoms with E-state index in [0.717, 1.165) is 19.6 Å². The Morgan fingerprint density at radius 1 is 1.47 bits per heavy atom. The fourth-order valence-electron chi connectivity index (χ4n) is 2.20. The molecule has 1 aromatic rings. The lowest BCUT2D eigenvalue weighted by Gasteiger charge is -2.22. The number of likely N-dealkylation sites (tertiary alicyclic amines) is 1. The molecule has 2 atom stereocenters. The van der Waals surface area contributed by atoms with Crippen LogP contribution in [-0.4, -0.2) is 18.0 Å². The van der Waals surface area contributed by atoms with Gasteiger partial charge in [0, 0.05) is 22.4 Å². The highest BCUT2D eigenvalue weighted by Gasteiger charge is 2.35. The SMILES string of the molecule is [2H]C[C@H]1CN(Cc2ccccc2)C[C@@]1(C)C[2H]. The summed E-state index contributed by atoms with van der Waals surface area (Å²) < 4.78 is 15.3. The molecule has 0 spiro atoms. The molecule has 0 aliphatic carbocycles. The first-order chi connectivity index (χ1) is 8.18. The predicted molar refractivity (Wildman–Crippen MR) is 64.7 cm³/mol. The lowest BCUT2D eigenvalue weighted by molar-refractivity contribution is 0.275. The standard InChI is InChI=1S/C14H21N/c1-12-9-15(11-14(12,2)3)10-13-7-5-4-6-8-13/h4-8,12H,9-11H2,1-3H3/t12-/m0/s1/i1D,2D/t12-,14-. The zero-order valence-electron chi connectivity index (χ0n) is 11.4. The van der Waals surface area contributed by atoms with E-state index in [1.165, 1.54) is 5.56 Å². The first kappa shape index (κ1) is 8.35. The maximum absolute atomic E-state index is 7.69. The first-order valence-electron chi connectivity index (χ1n) is 6.94. The van der Waals surface area contributed by atoms with Gasteiger partial charge in [-0.25, -0.2) is 0 Å². The van der Waals surface area contributed by atoms with E-state index in [4.69, 9.17) is 2.74 Å². The fraction of sp³-hybridized carbons (Fsp3) is 0.571. The van der Waals surface area contributed by atoms with Crippen LogP contribution in [0.1, 0.15) is 29.0 Å². The summed E-state index contributed by atoms with van der Waals surface area (Å²) in [6.07, 6.45) is 0. The van der Waals surface area contributed by atoms with Gasteiger partial charge in [0.05, 0.1) is 0 Å². The van der Waals surface area contributed by atoms with E-state index in [-0.39, 0.29) is 5.41 Å². The van der Waals surface area contributed by atoms with E-state index >= 15 is 0 Å². The molecule has 1 aromatic carbocycles. The number of nitrogens with zero attached hydrogens (tertiary/aromatic N) is 1. The molecule has 2 rings (SSSR count). The topological polar surface area (TPSA) is 3.24 Å². The molecule has 1 saturated heterocycles. The lowest BCUT2D eigenvalue weighted by atomic mass is 9.84. The fourth-order valence-corrected chi connectivity index (χ4v) is 2.20. The van der Waals surface area contributed by atoms with Crippen LogP contribution in [0.3, 0.4) is 0 Å². The summed E-state index contributed by atoms with van der Waals surface area (Å²) in [6.45, 7) is 5.91. The highest BCUT2D eigenvalue weighted by molar-refractivity contribution is 5.14. The summed E-state index contributed by atoms with van der Waals surface area (Å²) in [7, 11) is 0. The molecule has 0 radical (unpaired) electrons. The summed E-state index contributed by atoms with van der Waals surface area (Å²) in [6, 6.07) is 10.5. The van der Waals surface area contributed by atoms with Gasteiger partial charge in [-0.3, -0.25) is 4.90 Å². The van der Waals surface area contributed by atoms with Gasteiger partial charge in [-0.15, -0.1) is 0 Å². The maximum atomic E-state index is 7.69. The van der Waals surface area contributed by atoms with Crippen molar-refractivity contribution in [3.63, 3.8) is 0 Å². The Labute approximate surface area is 95.9 Å². The second-order valence-corrected chi connectivity index (χ2v) is 5.01. The van der Waals surface area contributed by atoms with Gasteiger partial charge in [0.15, 0.2) is 0 Å². The highest BCUT2D eigenvalue weighted by Crippen LogP contribution is 2.35. The number of hydrogen-bond donors (Lipinski definition) is 0. The smallest absolute Gasteiger partial charge is 0.0237 e. The molecule has 0 N–H and O–H groups in total. The molecule has 82 valence electrons. The number of benzene rings is 1. The Balaban J connectivity index is 2.01. The molecule has 0 bridgehead atoms. The third-order valence-electron chi connectivity index (χ3n) is 3.30. The van der Waals surface area contributed by atoms with Crippen LogP contribution in [0, 0.1) is 11.3 Å². The lowest BCUT2D eigenvalue weighted by Crippen LogP contribution is -2.23. The Hall–Kier alpha value is -0.820. The molecule has 1 nitrogen and oxygen atoms in total. The molecule has 0 aromatic heterocycles. The van der Waals surface area contributed by atoms with E-state index in [9.17, 15) is 0 Å². The summed E-state index contributed by atoms with van der Waals surface area (Å²) in [5, 5.41) is 0. The van der Waals surface area contributed by atoms with Crippen molar-refractivity contribution >= 4 is 0 Å². The van der Waals surface area contributed by atoms with E-state index in [1.54, 1.807) is 0 Å². The number of hydrogen-bond acceptors (Lipinski definition) is 1. The van der Waals surface area contributed by atoms with Crippen molar-refractivity contribution in [2.24, 2.45) is 11.3 Å². The Morgan fingerprint density at radius 2 is 2.27 bits per heavy atom. The molecule has 0 unspecified atom stereocenters. The molecular formula is C14H21N. The average Bonchev–Trinajstić information content (AvgIpc) is 2.67. The van der Waals surface area contributed by atoms with Gasteiger partial charge in [-0.1, -0.05) is 51.1 Å². The first-order valence-corrected chi connectivity index (χ1v) is 5.53. The largest absolute Gasteiger partial charge is 0.298 e. The van der Waals surface area contributed by atoms with E-state index in [2.05, 4.69) is 36.1 Å². The average molecular weight is 205 g/mol. The molecule has 1 fully saturated rings. The minimum absolute atomic E-state index is 0.0104. The van der Waals surface area contributed by atoms with Crippen LogP contribution >= 0.6 is 0 Å². The minimum atomic E-state index is 0.0104. The van der Waals surface area contributed by atoms with Crippen LogP contribution in [0.5, 0.6) is 0 Å². The molecular weight excluding hydrogens is 182 g/mol.